The molecule has 0 spiro atoms. The van der Waals surface area contributed by atoms with Crippen molar-refractivity contribution in [1.82, 2.24) is 4.90 Å². The molecule has 1 N–H and O–H groups in total. The van der Waals surface area contributed by atoms with Crippen LogP contribution in [0.5, 0.6) is 5.75 Å². The third-order valence-electron chi connectivity index (χ3n) is 5.12. The van der Waals surface area contributed by atoms with E-state index in [2.05, 4.69) is 11.9 Å². The lowest BCUT2D eigenvalue weighted by molar-refractivity contribution is -0.167. The van der Waals surface area contributed by atoms with Gasteiger partial charge in [0.05, 0.1) is 0 Å². The van der Waals surface area contributed by atoms with E-state index in [-0.39, 0.29) is 17.6 Å². The number of benzene rings is 1. The normalized spacial score (nSPS) is 34.1. The van der Waals surface area contributed by atoms with Crippen LogP contribution in [0.3, 0.4) is 0 Å². The number of ether oxygens (including phenoxy) is 1. The molecule has 20 heavy (non-hydrogen) atoms. The molecule has 3 nitrogen and oxygen atoms in total. The second-order valence-electron chi connectivity index (χ2n) is 6.18. The van der Waals surface area contributed by atoms with Crippen molar-refractivity contribution in [1.29, 1.82) is 0 Å². The van der Waals surface area contributed by atoms with Gasteiger partial charge >= 0.3 is 0 Å². The largest absolute Gasteiger partial charge is 0.505 e. The molecule has 4 heteroatoms. The second-order valence-corrected chi connectivity index (χ2v) is 6.18. The van der Waals surface area contributed by atoms with Gasteiger partial charge in [0.15, 0.2) is 11.6 Å². The molecule has 1 aliphatic carbocycles. The van der Waals surface area contributed by atoms with Crippen molar-refractivity contribution in [2.75, 3.05) is 27.2 Å². The number of piperidine rings is 1. The van der Waals surface area contributed by atoms with Crippen molar-refractivity contribution in [3.63, 3.8) is 0 Å². The fraction of sp³-hybridized carbons (Fsp3) is 0.625. The molecule has 110 valence electrons. The third-order valence-corrected chi connectivity index (χ3v) is 5.12. The van der Waals surface area contributed by atoms with Crippen LogP contribution in [0.2, 0.25) is 0 Å². The molecule has 2 aliphatic rings. The Bertz CT molecular complexity index is 491. The topological polar surface area (TPSA) is 32.7 Å². The van der Waals surface area contributed by atoms with Crippen LogP contribution in [0.4, 0.5) is 4.39 Å². The Hall–Kier alpha value is -1.13. The van der Waals surface area contributed by atoms with Gasteiger partial charge in [0.25, 0.3) is 0 Å². The molecule has 1 heterocycles. The van der Waals surface area contributed by atoms with Crippen molar-refractivity contribution in [3.05, 3.63) is 29.6 Å². The number of hydrogen-bond acceptors (Lipinski definition) is 3. The van der Waals surface area contributed by atoms with E-state index < -0.39 is 11.4 Å². The number of aromatic hydroxyl groups is 1. The van der Waals surface area contributed by atoms with Gasteiger partial charge in [-0.25, -0.2) is 4.39 Å². The molecule has 0 aromatic heterocycles. The minimum absolute atomic E-state index is 0.279. The Labute approximate surface area is 119 Å². The molecule has 2 unspecified atom stereocenters. The molecule has 1 aromatic rings. The summed E-state index contributed by atoms with van der Waals surface area (Å²) >= 11 is 0. The van der Waals surface area contributed by atoms with Crippen LogP contribution < -0.4 is 0 Å². The number of fused-ring (bicyclic) bond motifs is 2. The highest BCUT2D eigenvalue weighted by atomic mass is 19.1. The predicted octanol–water partition coefficient (Wildman–Crippen LogP) is 2.73. The smallest absolute Gasteiger partial charge is 0.170 e. The van der Waals surface area contributed by atoms with Gasteiger partial charge in [-0.2, -0.15) is 0 Å². The fourth-order valence-electron chi connectivity index (χ4n) is 4.36. The van der Waals surface area contributed by atoms with Gasteiger partial charge in [0.2, 0.25) is 0 Å². The number of phenols is 1. The molecule has 2 bridgehead atoms. The molecule has 1 aliphatic heterocycles. The summed E-state index contributed by atoms with van der Waals surface area (Å²) in [5.41, 5.74) is -0.0593. The first kappa shape index (κ1) is 13.8. The van der Waals surface area contributed by atoms with Crippen molar-refractivity contribution < 1.29 is 14.2 Å². The van der Waals surface area contributed by atoms with E-state index in [4.69, 9.17) is 4.74 Å². The molecule has 2 atom stereocenters. The number of methoxy groups -OCH3 is 1. The first-order valence-corrected chi connectivity index (χ1v) is 7.31. The van der Waals surface area contributed by atoms with Gasteiger partial charge in [-0.1, -0.05) is 18.6 Å². The zero-order chi connectivity index (χ0) is 14.3. The maximum absolute atomic E-state index is 14.5. The first-order valence-electron chi connectivity index (χ1n) is 7.31. The quantitative estimate of drug-likeness (QED) is 0.903. The zero-order valence-electron chi connectivity index (χ0n) is 12.1. The van der Waals surface area contributed by atoms with Gasteiger partial charge in [0, 0.05) is 37.6 Å². The molecule has 0 radical (unpaired) electrons. The SMILES string of the molecule is COC1(c2cccc(O)c2F)C2CCCC1CN(C)C2. The minimum Gasteiger partial charge on any atom is -0.505 e. The van der Waals surface area contributed by atoms with E-state index in [9.17, 15) is 9.50 Å². The molecule has 0 amide bonds. The van der Waals surface area contributed by atoms with Gasteiger partial charge < -0.3 is 14.7 Å². The lowest BCUT2D eigenvalue weighted by Gasteiger charge is -2.54. The molecule has 3 rings (SSSR count). The highest BCUT2D eigenvalue weighted by Gasteiger charge is 2.53. The van der Waals surface area contributed by atoms with Crippen LogP contribution in [0.1, 0.15) is 24.8 Å². The summed E-state index contributed by atoms with van der Waals surface area (Å²) in [5, 5.41) is 9.71. The molecule has 1 saturated carbocycles. The van der Waals surface area contributed by atoms with Crippen molar-refractivity contribution in [3.8, 4) is 5.75 Å². The van der Waals surface area contributed by atoms with Crippen LogP contribution in [0, 0.1) is 17.7 Å². The second kappa shape index (κ2) is 5.01. The maximum Gasteiger partial charge on any atom is 0.170 e. The monoisotopic (exact) mass is 279 g/mol. The molecule has 1 saturated heterocycles. The predicted molar refractivity (Wildman–Crippen MR) is 75.1 cm³/mol. The molecule has 1 aromatic carbocycles. The summed E-state index contributed by atoms with van der Waals surface area (Å²) in [6.45, 7) is 1.83. The van der Waals surface area contributed by atoms with Crippen LogP contribution in [0.15, 0.2) is 18.2 Å². The molecular formula is C16H22FNO2. The summed E-state index contributed by atoms with van der Waals surface area (Å²) in [4.78, 5) is 2.31. The summed E-state index contributed by atoms with van der Waals surface area (Å²) < 4.78 is 20.4. The average molecular weight is 279 g/mol. The number of halogens is 1. The summed E-state index contributed by atoms with van der Waals surface area (Å²) in [5.74, 6) is -0.241. The van der Waals surface area contributed by atoms with E-state index in [1.54, 1.807) is 19.2 Å². The Kier molecular flexibility index (Phi) is 3.46. The Balaban J connectivity index is 2.13. The Morgan fingerprint density at radius 1 is 1.30 bits per heavy atom. The Morgan fingerprint density at radius 2 is 1.95 bits per heavy atom. The molecule has 2 fully saturated rings. The Morgan fingerprint density at radius 3 is 2.55 bits per heavy atom. The first-order chi connectivity index (χ1) is 9.59. The lowest BCUT2D eigenvalue weighted by atomic mass is 9.62. The van der Waals surface area contributed by atoms with Crippen LogP contribution in [0.25, 0.3) is 0 Å². The van der Waals surface area contributed by atoms with Crippen LogP contribution >= 0.6 is 0 Å². The molecular weight excluding hydrogens is 257 g/mol. The van der Waals surface area contributed by atoms with Crippen molar-refractivity contribution in [2.24, 2.45) is 11.8 Å². The minimum atomic E-state index is -0.590. The van der Waals surface area contributed by atoms with Gasteiger partial charge in [-0.05, 0) is 26.0 Å². The number of rotatable bonds is 2. The van der Waals surface area contributed by atoms with Gasteiger partial charge in [-0.15, -0.1) is 0 Å². The van der Waals surface area contributed by atoms with E-state index >= 15 is 0 Å². The number of phenolic OH excluding ortho intramolecular Hbond substituents is 1. The number of likely N-dealkylation sites (tertiary alicyclic amines) is 1. The standard InChI is InChI=1S/C16H22FNO2/c1-18-9-11-5-3-6-12(10-18)16(11,20-2)13-7-4-8-14(19)15(13)17/h4,7-8,11-12,19H,3,5-6,9-10H2,1-2H3. The summed E-state index contributed by atoms with van der Waals surface area (Å²) in [6.07, 6.45) is 3.27. The van der Waals surface area contributed by atoms with Gasteiger partial charge in [0.1, 0.15) is 5.60 Å². The van der Waals surface area contributed by atoms with E-state index in [1.165, 1.54) is 12.5 Å². The maximum atomic E-state index is 14.5. The highest BCUT2D eigenvalue weighted by molar-refractivity contribution is 5.36. The number of nitrogens with zero attached hydrogens (tertiary/aromatic N) is 1. The van der Waals surface area contributed by atoms with Crippen LogP contribution in [-0.4, -0.2) is 37.3 Å². The van der Waals surface area contributed by atoms with Crippen molar-refractivity contribution in [2.45, 2.75) is 24.9 Å². The summed E-state index contributed by atoms with van der Waals surface area (Å²) in [7, 11) is 3.80. The average Bonchev–Trinajstić information content (AvgIpc) is 2.41. The third kappa shape index (κ3) is 1.85. The van der Waals surface area contributed by atoms with E-state index in [0.717, 1.165) is 25.9 Å². The van der Waals surface area contributed by atoms with Gasteiger partial charge in [-0.3, -0.25) is 0 Å². The number of hydrogen-bond donors (Lipinski definition) is 1. The van der Waals surface area contributed by atoms with E-state index in [1.807, 2.05) is 0 Å². The lowest BCUT2D eigenvalue weighted by Crippen LogP contribution is -2.58. The highest BCUT2D eigenvalue weighted by Crippen LogP contribution is 2.52. The van der Waals surface area contributed by atoms with Crippen LogP contribution in [-0.2, 0) is 10.3 Å². The van der Waals surface area contributed by atoms with E-state index in [0.29, 0.717) is 5.56 Å². The van der Waals surface area contributed by atoms with Crippen molar-refractivity contribution >= 4 is 0 Å². The zero-order valence-corrected chi connectivity index (χ0v) is 12.1. The summed E-state index contributed by atoms with van der Waals surface area (Å²) in [6, 6.07) is 4.88. The fourth-order valence-corrected chi connectivity index (χ4v) is 4.36.